The van der Waals surface area contributed by atoms with Crippen molar-refractivity contribution >= 4 is 23.6 Å². The van der Waals surface area contributed by atoms with Gasteiger partial charge in [-0.25, -0.2) is 4.79 Å². The molecule has 0 amide bonds. The van der Waals surface area contributed by atoms with Gasteiger partial charge < -0.3 is 40.8 Å². The Balaban J connectivity index is 1.24. The highest BCUT2D eigenvalue weighted by Crippen LogP contribution is 2.49. The van der Waals surface area contributed by atoms with Crippen molar-refractivity contribution in [3.63, 3.8) is 0 Å². The number of ether oxygens (including phenoxy) is 3. The quantitative estimate of drug-likeness (QED) is 0.0750. The lowest BCUT2D eigenvalue weighted by Crippen LogP contribution is -2.46. The number of fused-ring (bicyclic) bond motifs is 3. The Bertz CT molecular complexity index is 1630. The summed E-state index contributed by atoms with van der Waals surface area (Å²) in [6, 6.07) is 21.5. The van der Waals surface area contributed by atoms with E-state index in [4.69, 9.17) is 40.8 Å². The minimum atomic E-state index is -2.75. The first-order chi connectivity index (χ1) is 27.3. The zero-order valence-corrected chi connectivity index (χ0v) is 36.1. The maximum Gasteiger partial charge on any atom is 0.500 e. The van der Waals surface area contributed by atoms with E-state index in [0.717, 1.165) is 77.3 Å². The Morgan fingerprint density at radius 2 is 1.04 bits per heavy atom. The third-order valence-corrected chi connectivity index (χ3v) is 16.7. The van der Waals surface area contributed by atoms with Crippen molar-refractivity contribution in [3.8, 4) is 11.5 Å². The van der Waals surface area contributed by atoms with Crippen LogP contribution in [0.5, 0.6) is 11.5 Å². The fourth-order valence-corrected chi connectivity index (χ4v) is 13.3. The summed E-state index contributed by atoms with van der Waals surface area (Å²) in [6.45, 7) is 19.2. The predicted octanol–water partition coefficient (Wildman–Crippen LogP) is 7.33. The van der Waals surface area contributed by atoms with Gasteiger partial charge in [0.2, 0.25) is 0 Å². The van der Waals surface area contributed by atoms with E-state index in [0.29, 0.717) is 71.8 Å². The van der Waals surface area contributed by atoms with Crippen LogP contribution in [-0.4, -0.2) is 99.6 Å². The van der Waals surface area contributed by atoms with Crippen LogP contribution in [0, 0.1) is 0 Å². The van der Waals surface area contributed by atoms with Crippen molar-refractivity contribution in [1.82, 2.24) is 9.80 Å². The normalized spacial score (nSPS) is 16.8. The second kappa shape index (κ2) is 19.5. The number of carbonyl (C=O) groups excluding carboxylic acids is 1. The summed E-state index contributed by atoms with van der Waals surface area (Å²) in [7, 11) is -5.49. The lowest BCUT2D eigenvalue weighted by Gasteiger charge is -2.35. The number of esters is 1. The Kier molecular flexibility index (Phi) is 14.8. The third-order valence-electron chi connectivity index (χ3n) is 10.4. The van der Waals surface area contributed by atoms with Gasteiger partial charge in [0, 0.05) is 106 Å². The molecule has 3 heterocycles. The van der Waals surface area contributed by atoms with Gasteiger partial charge in [-0.15, -0.1) is 0 Å². The lowest BCUT2D eigenvalue weighted by atomic mass is 9.78. The number of carbonyl (C=O) groups is 1. The molecule has 0 N–H and O–H groups in total. The maximum atomic E-state index is 13.6. The van der Waals surface area contributed by atoms with Gasteiger partial charge in [-0.3, -0.25) is 9.80 Å². The summed E-state index contributed by atoms with van der Waals surface area (Å²) in [4.78, 5) is 18.2. The van der Waals surface area contributed by atoms with Crippen LogP contribution in [0.15, 0.2) is 60.7 Å². The maximum absolute atomic E-state index is 13.6. The fourth-order valence-electron chi connectivity index (χ4n) is 8.16. The van der Waals surface area contributed by atoms with Crippen LogP contribution in [0.1, 0.15) is 92.6 Å². The average molecular weight is 809 g/mol. The molecule has 56 heavy (non-hydrogen) atoms. The van der Waals surface area contributed by atoms with Gasteiger partial charge in [0.25, 0.3) is 0 Å². The van der Waals surface area contributed by atoms with Crippen LogP contribution in [0.4, 0.5) is 0 Å². The molecule has 0 saturated carbocycles. The van der Waals surface area contributed by atoms with Crippen LogP contribution in [0.2, 0.25) is 12.1 Å². The van der Waals surface area contributed by atoms with Gasteiger partial charge in [0.15, 0.2) is 5.60 Å². The molecule has 3 aliphatic heterocycles. The molecule has 0 unspecified atom stereocenters. The molecule has 0 bridgehead atoms. The molecular weight excluding hydrogens is 749 g/mol. The number of rotatable bonds is 22. The summed E-state index contributed by atoms with van der Waals surface area (Å²) in [6.07, 6.45) is 1.70. The topological polar surface area (TPSA) is 107 Å². The minimum absolute atomic E-state index is 0.345. The summed E-state index contributed by atoms with van der Waals surface area (Å²) >= 11 is 0. The van der Waals surface area contributed by atoms with E-state index in [1.54, 1.807) is 0 Å². The summed E-state index contributed by atoms with van der Waals surface area (Å²) in [5, 5.41) is 0. The Labute approximate surface area is 334 Å². The number of cyclic esters (lactones) is 1. The van der Waals surface area contributed by atoms with Crippen LogP contribution in [0.25, 0.3) is 0 Å². The van der Waals surface area contributed by atoms with Crippen molar-refractivity contribution in [1.29, 1.82) is 0 Å². The van der Waals surface area contributed by atoms with E-state index in [1.165, 1.54) is 0 Å². The number of hydrogen-bond donors (Lipinski definition) is 0. The molecule has 0 radical (unpaired) electrons. The van der Waals surface area contributed by atoms with Crippen molar-refractivity contribution in [2.75, 3.05) is 66.2 Å². The molecule has 0 atom stereocenters. The van der Waals surface area contributed by atoms with Crippen LogP contribution in [-0.2, 0) is 50.0 Å². The molecule has 6 rings (SSSR count). The third kappa shape index (κ3) is 9.25. The van der Waals surface area contributed by atoms with Crippen molar-refractivity contribution in [2.45, 2.75) is 85.2 Å². The monoisotopic (exact) mass is 808 g/mol. The minimum Gasteiger partial charge on any atom is -0.478 e. The molecule has 3 aliphatic rings. The first-order valence-electron chi connectivity index (χ1n) is 20.4. The zero-order valence-electron chi connectivity index (χ0n) is 34.1. The van der Waals surface area contributed by atoms with E-state index in [1.807, 2.05) is 90.1 Å². The number of nitrogens with zero attached hydrogens (tertiary/aromatic N) is 2. The molecule has 0 aromatic heterocycles. The first-order valence-corrected chi connectivity index (χ1v) is 24.3. The van der Waals surface area contributed by atoms with Crippen molar-refractivity contribution < 1.29 is 45.6 Å². The summed E-state index contributed by atoms with van der Waals surface area (Å²) in [5.74, 6) is 1.32. The van der Waals surface area contributed by atoms with Crippen LogP contribution in [0.3, 0.4) is 0 Å². The van der Waals surface area contributed by atoms with Gasteiger partial charge in [-0.05, 0) is 84.7 Å². The molecule has 0 saturated heterocycles. The molecule has 0 aliphatic carbocycles. The first kappa shape index (κ1) is 42.4. The van der Waals surface area contributed by atoms with Gasteiger partial charge in [-0.1, -0.05) is 30.3 Å². The van der Waals surface area contributed by atoms with E-state index in [-0.39, 0.29) is 5.97 Å². The average Bonchev–Trinajstić information content (AvgIpc) is 3.51. The molecule has 3 aromatic carbocycles. The highest BCUT2D eigenvalue weighted by atomic mass is 28.4. The van der Waals surface area contributed by atoms with Gasteiger partial charge in [0.1, 0.15) is 25.0 Å². The number of benzene rings is 3. The van der Waals surface area contributed by atoms with Crippen molar-refractivity contribution in [2.24, 2.45) is 0 Å². The molecular formula is C42H60N2O10Si2. The summed E-state index contributed by atoms with van der Waals surface area (Å²) < 4.78 is 55.7. The Morgan fingerprint density at radius 3 is 1.46 bits per heavy atom. The van der Waals surface area contributed by atoms with E-state index >= 15 is 0 Å². The molecule has 3 aromatic rings. The second-order valence-corrected chi connectivity index (χ2v) is 19.5. The Morgan fingerprint density at radius 1 is 0.607 bits per heavy atom. The molecule has 12 nitrogen and oxygen atoms in total. The smallest absolute Gasteiger partial charge is 0.478 e. The van der Waals surface area contributed by atoms with Crippen LogP contribution >= 0.6 is 0 Å². The molecule has 0 spiro atoms. The largest absolute Gasteiger partial charge is 0.500 e. The standard InChI is InChI=1S/C42H60N2O10Si2/c1-7-48-55(49-8-2,50-9-3)25-15-23-43-29-33-27-35(19-21-39(33)46-31-43)42(38-18-14-13-17-37(38)41(45)54-42)36-20-22-40-34(28-36)30-44(32-47-40)24-16-26-56(51-10-4,52-11-5)53-12-6/h13-14,17-22,27-28H,7-12,15-16,23-26,29-32H2,1-6H3. The SMILES string of the molecule is CCO[Si](CCCN1COc2ccc(C3(c4ccc5c(c4)CN(CCC[Si](OCC)(OCC)OCC)CO5)OC(=O)c4ccccc43)cc2C1)(OCC)OCC. The van der Waals surface area contributed by atoms with E-state index in [2.05, 4.69) is 21.9 Å². The molecule has 14 heteroatoms. The lowest BCUT2D eigenvalue weighted by molar-refractivity contribution is 0.0247. The van der Waals surface area contributed by atoms with E-state index < -0.39 is 23.2 Å². The fraction of sp³-hybridized carbons (Fsp3) is 0.548. The van der Waals surface area contributed by atoms with Gasteiger partial charge >= 0.3 is 23.6 Å². The predicted molar refractivity (Wildman–Crippen MR) is 217 cm³/mol. The highest BCUT2D eigenvalue weighted by molar-refractivity contribution is 6.61. The molecule has 306 valence electrons. The highest BCUT2D eigenvalue weighted by Gasteiger charge is 2.49. The van der Waals surface area contributed by atoms with Crippen molar-refractivity contribution in [3.05, 3.63) is 94.0 Å². The summed E-state index contributed by atoms with van der Waals surface area (Å²) in [5.41, 5.74) is 4.04. The second-order valence-electron chi connectivity index (χ2n) is 14.1. The van der Waals surface area contributed by atoms with Crippen LogP contribution < -0.4 is 9.47 Å². The molecule has 0 fully saturated rings. The van der Waals surface area contributed by atoms with Gasteiger partial charge in [0.05, 0.1) is 5.56 Å². The Hall–Kier alpha value is -3.16. The zero-order chi connectivity index (χ0) is 39.6. The van der Waals surface area contributed by atoms with Gasteiger partial charge in [-0.2, -0.15) is 0 Å². The number of hydrogen-bond acceptors (Lipinski definition) is 12. The van der Waals surface area contributed by atoms with E-state index in [9.17, 15) is 4.79 Å².